The average Bonchev–Trinajstić information content (AvgIpc) is 2.80. The molecule has 0 spiro atoms. The van der Waals surface area contributed by atoms with Crippen LogP contribution in [0.15, 0.2) is 17.3 Å². The molecule has 1 aromatic heterocycles. The summed E-state index contributed by atoms with van der Waals surface area (Å²) in [6, 6.07) is 1.92. The minimum atomic E-state index is -3.12. The molecule has 0 aliphatic carbocycles. The molecule has 0 unspecified atom stereocenters. The summed E-state index contributed by atoms with van der Waals surface area (Å²) in [6.45, 7) is 3.34. The van der Waals surface area contributed by atoms with Crippen LogP contribution in [0.2, 0.25) is 5.02 Å². The molecule has 0 bridgehead atoms. The lowest BCUT2D eigenvalue weighted by Crippen LogP contribution is -2.40. The molecule has 1 aromatic rings. The molecule has 1 rings (SSSR count). The van der Waals surface area contributed by atoms with Gasteiger partial charge in [-0.25, -0.2) is 13.1 Å². The van der Waals surface area contributed by atoms with Crippen LogP contribution in [-0.2, 0) is 23.6 Å². The first kappa shape index (κ1) is 23.5. The van der Waals surface area contributed by atoms with E-state index in [-0.39, 0.29) is 29.7 Å². The number of rotatable bonds is 8. The van der Waals surface area contributed by atoms with E-state index in [0.717, 1.165) is 11.7 Å². The summed E-state index contributed by atoms with van der Waals surface area (Å²) >= 11 is 5.99. The minimum Gasteiger partial charge on any atom is -0.356 e. The molecule has 0 saturated carbocycles. The van der Waals surface area contributed by atoms with Gasteiger partial charge in [0, 0.05) is 46.1 Å². The Balaban J connectivity index is 0.00000529. The van der Waals surface area contributed by atoms with Gasteiger partial charge in [-0.3, -0.25) is 4.99 Å². The van der Waals surface area contributed by atoms with Crippen LogP contribution in [0.5, 0.6) is 0 Å². The van der Waals surface area contributed by atoms with Gasteiger partial charge < -0.3 is 14.8 Å². The molecule has 2 N–H and O–H groups in total. The van der Waals surface area contributed by atoms with Gasteiger partial charge in [-0.05, 0) is 19.4 Å². The molecule has 0 aliphatic heterocycles. The highest BCUT2D eigenvalue weighted by atomic mass is 127. The van der Waals surface area contributed by atoms with Crippen LogP contribution in [0.25, 0.3) is 0 Å². The molecule has 1 heterocycles. The van der Waals surface area contributed by atoms with Crippen LogP contribution in [0, 0.1) is 0 Å². The van der Waals surface area contributed by atoms with Crippen molar-refractivity contribution < 1.29 is 8.42 Å². The van der Waals surface area contributed by atoms with Crippen LogP contribution in [0.4, 0.5) is 0 Å². The van der Waals surface area contributed by atoms with Gasteiger partial charge in [-0.15, -0.1) is 24.0 Å². The monoisotopic (exact) mass is 491 g/mol. The van der Waals surface area contributed by atoms with Crippen molar-refractivity contribution in [3.8, 4) is 0 Å². The number of aryl methyl sites for hydroxylation is 1. The predicted octanol–water partition coefficient (Wildman–Crippen LogP) is 1.63. The van der Waals surface area contributed by atoms with Crippen LogP contribution in [0.1, 0.15) is 19.0 Å². The number of sulfonamides is 1. The summed E-state index contributed by atoms with van der Waals surface area (Å²) in [4.78, 5) is 6.22. The van der Waals surface area contributed by atoms with E-state index in [4.69, 9.17) is 11.6 Å². The zero-order valence-electron chi connectivity index (χ0n) is 14.5. The summed E-state index contributed by atoms with van der Waals surface area (Å²) in [6.07, 6.45) is 2.54. The number of nitrogens with one attached hydrogen (secondary N) is 2. The molecule has 10 heteroatoms. The fraction of sp³-hybridized carbons (Fsp3) is 0.643. The summed E-state index contributed by atoms with van der Waals surface area (Å²) in [5.74, 6) is 0.852. The molecular weight excluding hydrogens is 465 g/mol. The number of aromatic nitrogens is 1. The summed E-state index contributed by atoms with van der Waals surface area (Å²) in [5, 5.41) is 3.93. The third-order valence-corrected chi connectivity index (χ3v) is 5.00. The normalized spacial score (nSPS) is 12.0. The number of hydrogen-bond donors (Lipinski definition) is 2. The number of halogens is 2. The Kier molecular flexibility index (Phi) is 10.9. The molecule has 7 nitrogen and oxygen atoms in total. The quantitative estimate of drug-likeness (QED) is 0.251. The maximum absolute atomic E-state index is 11.3. The Bertz CT molecular complexity index is 633. The van der Waals surface area contributed by atoms with E-state index in [0.29, 0.717) is 31.1 Å². The fourth-order valence-corrected chi connectivity index (χ4v) is 2.98. The van der Waals surface area contributed by atoms with Crippen molar-refractivity contribution in [3.05, 3.63) is 23.0 Å². The largest absolute Gasteiger partial charge is 0.356 e. The molecule has 24 heavy (non-hydrogen) atoms. The second-order valence-corrected chi connectivity index (χ2v) is 7.77. The van der Waals surface area contributed by atoms with Crippen molar-refractivity contribution in [2.45, 2.75) is 19.9 Å². The van der Waals surface area contributed by atoms with E-state index in [1.807, 2.05) is 35.8 Å². The van der Waals surface area contributed by atoms with Crippen molar-refractivity contribution in [3.63, 3.8) is 0 Å². The number of aliphatic imine (C=N–C) groups is 1. The second-order valence-electron chi connectivity index (χ2n) is 5.24. The Morgan fingerprint density at radius 1 is 1.42 bits per heavy atom. The smallest absolute Gasteiger partial charge is 0.211 e. The van der Waals surface area contributed by atoms with E-state index in [1.54, 1.807) is 14.0 Å². The predicted molar refractivity (Wildman–Crippen MR) is 111 cm³/mol. The van der Waals surface area contributed by atoms with Gasteiger partial charge in [-0.1, -0.05) is 11.6 Å². The molecule has 0 saturated heterocycles. The van der Waals surface area contributed by atoms with Crippen molar-refractivity contribution in [2.75, 3.05) is 32.9 Å². The molecule has 0 aliphatic rings. The van der Waals surface area contributed by atoms with Crippen molar-refractivity contribution in [1.29, 1.82) is 0 Å². The van der Waals surface area contributed by atoms with Crippen molar-refractivity contribution >= 4 is 51.6 Å². The van der Waals surface area contributed by atoms with E-state index < -0.39 is 10.0 Å². The second kappa shape index (κ2) is 11.2. The molecule has 0 radical (unpaired) electrons. The average molecular weight is 492 g/mol. The summed E-state index contributed by atoms with van der Waals surface area (Å²) < 4.78 is 27.2. The highest BCUT2D eigenvalue weighted by molar-refractivity contribution is 14.0. The van der Waals surface area contributed by atoms with Crippen molar-refractivity contribution in [2.24, 2.45) is 12.0 Å². The Morgan fingerprint density at radius 2 is 2.08 bits per heavy atom. The van der Waals surface area contributed by atoms with E-state index in [2.05, 4.69) is 15.0 Å². The number of hydrogen-bond acceptors (Lipinski definition) is 3. The van der Waals surface area contributed by atoms with Gasteiger partial charge in [0.2, 0.25) is 10.0 Å². The Labute approximate surface area is 166 Å². The van der Waals surface area contributed by atoms with Gasteiger partial charge in [-0.2, -0.15) is 0 Å². The molecule has 0 amide bonds. The lowest BCUT2D eigenvalue weighted by Gasteiger charge is -2.22. The first-order chi connectivity index (χ1) is 10.8. The molecule has 140 valence electrons. The summed E-state index contributed by atoms with van der Waals surface area (Å²) in [5.41, 5.74) is 1.08. The maximum Gasteiger partial charge on any atom is 0.211 e. The summed E-state index contributed by atoms with van der Waals surface area (Å²) in [7, 11) is 2.49. The molecule has 0 aromatic carbocycles. The van der Waals surface area contributed by atoms with Gasteiger partial charge in [0.25, 0.3) is 0 Å². The third kappa shape index (κ3) is 8.04. The van der Waals surface area contributed by atoms with Gasteiger partial charge in [0.15, 0.2) is 5.96 Å². The van der Waals surface area contributed by atoms with Crippen LogP contribution < -0.4 is 10.0 Å². The molecule has 0 fully saturated rings. The van der Waals surface area contributed by atoms with Crippen LogP contribution in [0.3, 0.4) is 0 Å². The minimum absolute atomic E-state index is 0. The molecule has 0 atom stereocenters. The molecular formula is C14H27ClIN5O2S. The zero-order chi connectivity index (χ0) is 17.5. The van der Waals surface area contributed by atoms with Gasteiger partial charge in [0.1, 0.15) is 0 Å². The highest BCUT2D eigenvalue weighted by Crippen LogP contribution is 2.14. The van der Waals surface area contributed by atoms with Crippen LogP contribution in [-0.4, -0.2) is 56.8 Å². The van der Waals surface area contributed by atoms with E-state index in [1.165, 1.54) is 0 Å². The Morgan fingerprint density at radius 3 is 2.58 bits per heavy atom. The number of nitrogens with zero attached hydrogens (tertiary/aromatic N) is 3. The Hall–Kier alpha value is -0.520. The van der Waals surface area contributed by atoms with Gasteiger partial charge >= 0.3 is 0 Å². The van der Waals surface area contributed by atoms with E-state index in [9.17, 15) is 8.42 Å². The SMILES string of the molecule is CCS(=O)(=O)NCCCNC(=NC)N(C)Cc1cc(Cl)cn1C.I. The van der Waals surface area contributed by atoms with Crippen LogP contribution >= 0.6 is 35.6 Å². The zero-order valence-corrected chi connectivity index (χ0v) is 18.4. The number of guanidine groups is 1. The topological polar surface area (TPSA) is 78.7 Å². The maximum atomic E-state index is 11.3. The first-order valence-corrected chi connectivity index (χ1v) is 9.52. The first-order valence-electron chi connectivity index (χ1n) is 7.49. The standard InChI is InChI=1S/C14H26ClN5O2S.HI/c1-5-23(21,22)18-8-6-7-17-14(16-2)20(4)11-13-9-12(15)10-19(13)3;/h9-10,18H,5-8,11H2,1-4H3,(H,16,17);1H. The van der Waals surface area contributed by atoms with Crippen molar-refractivity contribution in [1.82, 2.24) is 19.5 Å². The van der Waals surface area contributed by atoms with E-state index >= 15 is 0 Å². The highest BCUT2D eigenvalue weighted by Gasteiger charge is 2.10. The third-order valence-electron chi connectivity index (χ3n) is 3.39. The lowest BCUT2D eigenvalue weighted by atomic mass is 10.4. The van der Waals surface area contributed by atoms with Gasteiger partial charge in [0.05, 0.1) is 17.3 Å². The lowest BCUT2D eigenvalue weighted by molar-refractivity contribution is 0.461. The fourth-order valence-electron chi connectivity index (χ4n) is 2.04.